The number of anilines is 1. The quantitative estimate of drug-likeness (QED) is 0.922. The van der Waals surface area contributed by atoms with Crippen LogP contribution in [0.1, 0.15) is 19.5 Å². The normalized spacial score (nSPS) is 21.4. The standard InChI is InChI=1S/C13H21N5S/c1-3-16-4-5-17(9-10(16)2)12-11(8-14)18-6-7-19-13(18)15-12/h6-7,10H,3-5,8-9,14H2,1-2H3. The minimum Gasteiger partial charge on any atom is -0.352 e. The van der Waals surface area contributed by atoms with Crippen LogP contribution in [-0.4, -0.2) is 46.5 Å². The lowest BCUT2D eigenvalue weighted by Crippen LogP contribution is -2.52. The van der Waals surface area contributed by atoms with Gasteiger partial charge in [0, 0.05) is 43.8 Å². The van der Waals surface area contributed by atoms with Crippen molar-refractivity contribution < 1.29 is 0 Å². The minimum atomic E-state index is 0.537. The number of nitrogens with two attached hydrogens (primary N) is 1. The van der Waals surface area contributed by atoms with Crippen molar-refractivity contribution in [2.75, 3.05) is 31.1 Å². The number of aromatic nitrogens is 2. The second kappa shape index (κ2) is 5.11. The van der Waals surface area contributed by atoms with E-state index in [1.54, 1.807) is 11.3 Å². The number of piperazine rings is 1. The highest BCUT2D eigenvalue weighted by Crippen LogP contribution is 2.26. The summed E-state index contributed by atoms with van der Waals surface area (Å²) in [6.07, 6.45) is 2.06. The molecule has 1 fully saturated rings. The molecule has 2 aromatic rings. The summed E-state index contributed by atoms with van der Waals surface area (Å²) in [7, 11) is 0. The fourth-order valence-electron chi connectivity index (χ4n) is 2.92. The molecule has 0 aromatic carbocycles. The van der Waals surface area contributed by atoms with Crippen LogP contribution in [0.15, 0.2) is 11.6 Å². The van der Waals surface area contributed by atoms with Gasteiger partial charge < -0.3 is 10.6 Å². The average Bonchev–Trinajstić information content (AvgIpc) is 2.98. The van der Waals surface area contributed by atoms with Crippen LogP contribution in [0.4, 0.5) is 5.82 Å². The van der Waals surface area contributed by atoms with Crippen LogP contribution in [-0.2, 0) is 6.54 Å². The van der Waals surface area contributed by atoms with Gasteiger partial charge in [-0.05, 0) is 13.5 Å². The first kappa shape index (κ1) is 12.9. The lowest BCUT2D eigenvalue weighted by Gasteiger charge is -2.39. The smallest absolute Gasteiger partial charge is 0.195 e. The van der Waals surface area contributed by atoms with E-state index in [0.717, 1.165) is 42.7 Å². The molecule has 0 spiro atoms. The van der Waals surface area contributed by atoms with Gasteiger partial charge in [-0.15, -0.1) is 11.3 Å². The molecule has 19 heavy (non-hydrogen) atoms. The molecule has 5 nitrogen and oxygen atoms in total. The Morgan fingerprint density at radius 2 is 2.32 bits per heavy atom. The second-order valence-electron chi connectivity index (χ2n) is 5.07. The van der Waals surface area contributed by atoms with Gasteiger partial charge in [0.15, 0.2) is 10.8 Å². The van der Waals surface area contributed by atoms with Crippen LogP contribution < -0.4 is 10.6 Å². The highest BCUT2D eigenvalue weighted by molar-refractivity contribution is 7.15. The third-order valence-electron chi connectivity index (χ3n) is 4.00. The Hall–Kier alpha value is -1.11. The summed E-state index contributed by atoms with van der Waals surface area (Å²) in [6, 6.07) is 0.573. The van der Waals surface area contributed by atoms with Crippen molar-refractivity contribution in [3.8, 4) is 0 Å². The molecule has 0 radical (unpaired) electrons. The lowest BCUT2D eigenvalue weighted by atomic mass is 10.2. The Morgan fingerprint density at radius 3 is 3.00 bits per heavy atom. The van der Waals surface area contributed by atoms with Gasteiger partial charge in [-0.2, -0.15) is 0 Å². The molecule has 3 rings (SSSR count). The Balaban J connectivity index is 1.90. The molecule has 104 valence electrons. The van der Waals surface area contributed by atoms with E-state index in [1.165, 1.54) is 0 Å². The maximum Gasteiger partial charge on any atom is 0.195 e. The van der Waals surface area contributed by atoms with E-state index in [2.05, 4.69) is 39.6 Å². The van der Waals surface area contributed by atoms with Crippen LogP contribution >= 0.6 is 11.3 Å². The molecule has 1 aliphatic rings. The first-order chi connectivity index (χ1) is 9.24. The monoisotopic (exact) mass is 279 g/mol. The Bertz CT molecular complexity index is 560. The van der Waals surface area contributed by atoms with E-state index in [-0.39, 0.29) is 0 Å². The SMILES string of the molecule is CCN1CCN(c2nc3sccn3c2CN)CC1C. The Morgan fingerprint density at radius 1 is 1.47 bits per heavy atom. The number of fused-ring (bicyclic) bond motifs is 1. The van der Waals surface area contributed by atoms with Crippen molar-refractivity contribution in [2.24, 2.45) is 5.73 Å². The number of likely N-dealkylation sites (N-methyl/N-ethyl adjacent to an activating group) is 1. The van der Waals surface area contributed by atoms with E-state index in [1.807, 2.05) is 0 Å². The summed E-state index contributed by atoms with van der Waals surface area (Å²) < 4.78 is 2.12. The first-order valence-electron chi connectivity index (χ1n) is 6.88. The zero-order valence-corrected chi connectivity index (χ0v) is 12.4. The Labute approximate surface area is 117 Å². The fraction of sp³-hybridized carbons (Fsp3) is 0.615. The summed E-state index contributed by atoms with van der Waals surface area (Å²) in [6.45, 7) is 9.35. The van der Waals surface area contributed by atoms with E-state index in [9.17, 15) is 0 Å². The van der Waals surface area contributed by atoms with Crippen LogP contribution in [0.3, 0.4) is 0 Å². The van der Waals surface area contributed by atoms with Crippen molar-refractivity contribution in [2.45, 2.75) is 26.4 Å². The maximum absolute atomic E-state index is 5.92. The molecule has 3 heterocycles. The summed E-state index contributed by atoms with van der Waals surface area (Å²) >= 11 is 1.67. The van der Waals surface area contributed by atoms with Gasteiger partial charge in [0.2, 0.25) is 0 Å². The molecule has 6 heteroatoms. The van der Waals surface area contributed by atoms with Gasteiger partial charge in [0.1, 0.15) is 0 Å². The second-order valence-corrected chi connectivity index (χ2v) is 5.94. The van der Waals surface area contributed by atoms with Gasteiger partial charge in [-0.3, -0.25) is 9.30 Å². The van der Waals surface area contributed by atoms with Crippen LogP contribution in [0, 0.1) is 0 Å². The molecular weight excluding hydrogens is 258 g/mol. The van der Waals surface area contributed by atoms with E-state index < -0.39 is 0 Å². The average molecular weight is 279 g/mol. The molecule has 1 unspecified atom stereocenters. The topological polar surface area (TPSA) is 49.8 Å². The van der Waals surface area contributed by atoms with Crippen LogP contribution in [0.5, 0.6) is 0 Å². The predicted molar refractivity (Wildman–Crippen MR) is 79.9 cm³/mol. The number of imidazole rings is 1. The molecule has 0 amide bonds. The highest BCUT2D eigenvalue weighted by Gasteiger charge is 2.26. The van der Waals surface area contributed by atoms with Gasteiger partial charge >= 0.3 is 0 Å². The summed E-state index contributed by atoms with van der Waals surface area (Å²) in [5, 5.41) is 2.06. The van der Waals surface area contributed by atoms with Gasteiger partial charge in [0.25, 0.3) is 0 Å². The maximum atomic E-state index is 5.92. The van der Waals surface area contributed by atoms with Crippen molar-refractivity contribution in [1.82, 2.24) is 14.3 Å². The van der Waals surface area contributed by atoms with Gasteiger partial charge in [-0.1, -0.05) is 6.92 Å². The molecule has 0 bridgehead atoms. The third-order valence-corrected chi connectivity index (χ3v) is 4.76. The van der Waals surface area contributed by atoms with Crippen molar-refractivity contribution >= 4 is 22.1 Å². The van der Waals surface area contributed by atoms with Crippen molar-refractivity contribution in [3.63, 3.8) is 0 Å². The third kappa shape index (κ3) is 2.13. The largest absolute Gasteiger partial charge is 0.352 e. The molecule has 2 N–H and O–H groups in total. The molecule has 2 aromatic heterocycles. The Kier molecular flexibility index (Phi) is 3.47. The lowest BCUT2D eigenvalue weighted by molar-refractivity contribution is 0.199. The van der Waals surface area contributed by atoms with Crippen LogP contribution in [0.2, 0.25) is 0 Å². The van der Waals surface area contributed by atoms with E-state index >= 15 is 0 Å². The predicted octanol–water partition coefficient (Wildman–Crippen LogP) is 1.38. The van der Waals surface area contributed by atoms with Crippen LogP contribution in [0.25, 0.3) is 4.96 Å². The molecule has 1 saturated heterocycles. The van der Waals surface area contributed by atoms with Gasteiger partial charge in [-0.25, -0.2) is 4.98 Å². The first-order valence-corrected chi connectivity index (χ1v) is 7.76. The zero-order valence-electron chi connectivity index (χ0n) is 11.5. The fourth-order valence-corrected chi connectivity index (χ4v) is 3.65. The van der Waals surface area contributed by atoms with E-state index in [4.69, 9.17) is 10.7 Å². The number of hydrogen-bond acceptors (Lipinski definition) is 5. The van der Waals surface area contributed by atoms with Crippen molar-refractivity contribution in [1.29, 1.82) is 0 Å². The summed E-state index contributed by atoms with van der Waals surface area (Å²) in [5.74, 6) is 1.08. The number of thiazole rings is 1. The van der Waals surface area contributed by atoms with Gasteiger partial charge in [0.05, 0.1) is 5.69 Å². The molecule has 1 aliphatic heterocycles. The molecule has 0 aliphatic carbocycles. The molecule has 1 atom stereocenters. The summed E-state index contributed by atoms with van der Waals surface area (Å²) in [5.41, 5.74) is 7.05. The van der Waals surface area contributed by atoms with E-state index in [0.29, 0.717) is 12.6 Å². The number of rotatable bonds is 3. The molecule has 0 saturated carbocycles. The highest BCUT2D eigenvalue weighted by atomic mass is 32.1. The van der Waals surface area contributed by atoms with Crippen molar-refractivity contribution in [3.05, 3.63) is 17.3 Å². The minimum absolute atomic E-state index is 0.537. The number of hydrogen-bond donors (Lipinski definition) is 1. The molecular formula is C13H21N5S. The summed E-state index contributed by atoms with van der Waals surface area (Å²) in [4.78, 5) is 10.7. The number of nitrogens with zero attached hydrogens (tertiary/aromatic N) is 4. The zero-order chi connectivity index (χ0) is 13.4.